The molecule has 18 heavy (non-hydrogen) atoms. The van der Waals surface area contributed by atoms with Gasteiger partial charge in [-0.05, 0) is 44.4 Å². The lowest BCUT2D eigenvalue weighted by Crippen LogP contribution is -2.34. The van der Waals surface area contributed by atoms with Crippen molar-refractivity contribution in [2.24, 2.45) is 0 Å². The van der Waals surface area contributed by atoms with Gasteiger partial charge >= 0.3 is 0 Å². The van der Waals surface area contributed by atoms with Gasteiger partial charge in [0, 0.05) is 0 Å². The van der Waals surface area contributed by atoms with E-state index in [1.807, 2.05) is 26.8 Å². The van der Waals surface area contributed by atoms with Crippen molar-refractivity contribution in [2.45, 2.75) is 33.8 Å². The lowest BCUT2D eigenvalue weighted by Gasteiger charge is -2.19. The molecular formula is C14H20ClNO2. The van der Waals surface area contributed by atoms with Crippen LogP contribution in [0.4, 0.5) is 0 Å². The SMILES string of the molecule is Cc1ccc(C)c(OC(C)CNC(=O)CCl)c1C. The van der Waals surface area contributed by atoms with E-state index >= 15 is 0 Å². The highest BCUT2D eigenvalue weighted by atomic mass is 35.5. The highest BCUT2D eigenvalue weighted by Crippen LogP contribution is 2.26. The fourth-order valence-electron chi connectivity index (χ4n) is 1.65. The topological polar surface area (TPSA) is 38.3 Å². The van der Waals surface area contributed by atoms with Crippen molar-refractivity contribution in [3.63, 3.8) is 0 Å². The molecule has 1 atom stereocenters. The summed E-state index contributed by atoms with van der Waals surface area (Å²) in [6, 6.07) is 4.12. The molecular weight excluding hydrogens is 250 g/mol. The van der Waals surface area contributed by atoms with Gasteiger partial charge in [0.15, 0.2) is 0 Å². The van der Waals surface area contributed by atoms with Gasteiger partial charge in [0.2, 0.25) is 5.91 Å². The molecule has 0 aliphatic carbocycles. The highest BCUT2D eigenvalue weighted by Gasteiger charge is 2.11. The van der Waals surface area contributed by atoms with Crippen molar-refractivity contribution in [3.05, 3.63) is 28.8 Å². The van der Waals surface area contributed by atoms with Gasteiger partial charge in [-0.2, -0.15) is 0 Å². The number of aryl methyl sites for hydroxylation is 2. The summed E-state index contributed by atoms with van der Waals surface area (Å²) in [5.74, 6) is 0.710. The van der Waals surface area contributed by atoms with Gasteiger partial charge in [-0.1, -0.05) is 12.1 Å². The summed E-state index contributed by atoms with van der Waals surface area (Å²) in [6.07, 6.45) is -0.0867. The highest BCUT2D eigenvalue weighted by molar-refractivity contribution is 6.27. The number of carbonyl (C=O) groups excluding carboxylic acids is 1. The maximum absolute atomic E-state index is 11.1. The zero-order valence-electron chi connectivity index (χ0n) is 11.3. The summed E-state index contributed by atoms with van der Waals surface area (Å²) in [7, 11) is 0. The molecule has 0 saturated heterocycles. The fraction of sp³-hybridized carbons (Fsp3) is 0.500. The number of ether oxygens (including phenoxy) is 1. The van der Waals surface area contributed by atoms with E-state index in [0.29, 0.717) is 6.54 Å². The minimum absolute atomic E-state index is 0.0186. The third kappa shape index (κ3) is 3.91. The number of hydrogen-bond donors (Lipinski definition) is 1. The van der Waals surface area contributed by atoms with Gasteiger partial charge in [0.1, 0.15) is 17.7 Å². The molecule has 1 aromatic rings. The lowest BCUT2D eigenvalue weighted by molar-refractivity contribution is -0.119. The summed E-state index contributed by atoms with van der Waals surface area (Å²) >= 11 is 5.41. The first kappa shape index (κ1) is 14.8. The molecule has 3 nitrogen and oxygen atoms in total. The molecule has 0 spiro atoms. The standard InChI is InChI=1S/C14H20ClNO2/c1-9-5-6-10(2)14(12(9)4)18-11(3)8-16-13(17)7-15/h5-6,11H,7-8H2,1-4H3,(H,16,17). The Morgan fingerprint density at radius 2 is 1.94 bits per heavy atom. The number of alkyl halides is 1. The van der Waals surface area contributed by atoms with Gasteiger partial charge in [-0.25, -0.2) is 0 Å². The first-order chi connectivity index (χ1) is 8.45. The maximum atomic E-state index is 11.1. The largest absolute Gasteiger partial charge is 0.488 e. The molecule has 0 radical (unpaired) electrons. The Morgan fingerprint density at radius 1 is 1.33 bits per heavy atom. The van der Waals surface area contributed by atoms with E-state index in [1.54, 1.807) is 0 Å². The molecule has 1 unspecified atom stereocenters. The minimum Gasteiger partial charge on any atom is -0.488 e. The van der Waals surface area contributed by atoms with Crippen LogP contribution in [0, 0.1) is 20.8 Å². The second-order valence-electron chi connectivity index (χ2n) is 4.52. The smallest absolute Gasteiger partial charge is 0.235 e. The summed E-state index contributed by atoms with van der Waals surface area (Å²) < 4.78 is 5.89. The van der Waals surface area contributed by atoms with E-state index in [1.165, 1.54) is 5.56 Å². The Morgan fingerprint density at radius 3 is 2.56 bits per heavy atom. The normalized spacial score (nSPS) is 12.1. The first-order valence-corrected chi connectivity index (χ1v) is 6.55. The minimum atomic E-state index is -0.176. The summed E-state index contributed by atoms with van der Waals surface area (Å²) in [6.45, 7) is 8.50. The molecule has 1 aromatic carbocycles. The average Bonchev–Trinajstić information content (AvgIpc) is 2.36. The van der Waals surface area contributed by atoms with E-state index in [9.17, 15) is 4.79 Å². The second-order valence-corrected chi connectivity index (χ2v) is 4.79. The van der Waals surface area contributed by atoms with Gasteiger partial charge in [0.05, 0.1) is 6.54 Å². The van der Waals surface area contributed by atoms with Crippen LogP contribution in [0.15, 0.2) is 12.1 Å². The van der Waals surface area contributed by atoms with Crippen LogP contribution in [0.25, 0.3) is 0 Å². The van der Waals surface area contributed by atoms with Crippen molar-refractivity contribution in [1.29, 1.82) is 0 Å². The number of rotatable bonds is 5. The molecule has 100 valence electrons. The number of hydrogen-bond acceptors (Lipinski definition) is 2. The fourth-order valence-corrected chi connectivity index (χ4v) is 1.75. The van der Waals surface area contributed by atoms with Crippen LogP contribution < -0.4 is 10.1 Å². The average molecular weight is 270 g/mol. The number of benzene rings is 1. The van der Waals surface area contributed by atoms with E-state index in [-0.39, 0.29) is 17.9 Å². The van der Waals surface area contributed by atoms with Crippen molar-refractivity contribution in [3.8, 4) is 5.75 Å². The predicted molar refractivity (Wildman–Crippen MR) is 74.5 cm³/mol. The van der Waals surface area contributed by atoms with Gasteiger partial charge in [0.25, 0.3) is 0 Å². The second kappa shape index (κ2) is 6.64. The third-order valence-electron chi connectivity index (χ3n) is 2.90. The zero-order valence-corrected chi connectivity index (χ0v) is 12.1. The molecule has 0 heterocycles. The Bertz CT molecular complexity index is 432. The molecule has 0 aromatic heterocycles. The van der Waals surface area contributed by atoms with E-state index < -0.39 is 0 Å². The van der Waals surface area contributed by atoms with Crippen molar-refractivity contribution in [1.82, 2.24) is 5.32 Å². The van der Waals surface area contributed by atoms with Crippen LogP contribution in [0.3, 0.4) is 0 Å². The van der Waals surface area contributed by atoms with Crippen LogP contribution in [0.2, 0.25) is 0 Å². The Hall–Kier alpha value is -1.22. The molecule has 1 amide bonds. The first-order valence-electron chi connectivity index (χ1n) is 6.01. The number of carbonyl (C=O) groups is 1. The molecule has 0 bridgehead atoms. The van der Waals surface area contributed by atoms with Crippen molar-refractivity contribution < 1.29 is 9.53 Å². The van der Waals surface area contributed by atoms with Crippen LogP contribution in [0.5, 0.6) is 5.75 Å². The van der Waals surface area contributed by atoms with E-state index in [4.69, 9.17) is 16.3 Å². The lowest BCUT2D eigenvalue weighted by atomic mass is 10.1. The molecule has 0 aliphatic heterocycles. The molecule has 0 fully saturated rings. The van der Waals surface area contributed by atoms with E-state index in [0.717, 1.165) is 16.9 Å². The molecule has 1 N–H and O–H groups in total. The zero-order chi connectivity index (χ0) is 13.7. The van der Waals surface area contributed by atoms with Crippen molar-refractivity contribution in [2.75, 3.05) is 12.4 Å². The van der Waals surface area contributed by atoms with Gasteiger partial charge < -0.3 is 10.1 Å². The molecule has 0 saturated carbocycles. The predicted octanol–water partition coefficient (Wildman–Crippen LogP) is 2.73. The van der Waals surface area contributed by atoms with Crippen molar-refractivity contribution >= 4 is 17.5 Å². The number of amides is 1. The molecule has 1 rings (SSSR count). The Balaban J connectivity index is 2.67. The van der Waals surface area contributed by atoms with Gasteiger partial charge in [-0.3, -0.25) is 4.79 Å². The Kier molecular flexibility index (Phi) is 5.48. The number of nitrogens with one attached hydrogen (secondary N) is 1. The van der Waals surface area contributed by atoms with Gasteiger partial charge in [-0.15, -0.1) is 11.6 Å². The van der Waals surface area contributed by atoms with E-state index in [2.05, 4.69) is 18.3 Å². The quantitative estimate of drug-likeness (QED) is 0.835. The number of halogens is 1. The monoisotopic (exact) mass is 269 g/mol. The summed E-state index contributed by atoms with van der Waals surface area (Å²) in [5, 5.41) is 2.71. The van der Waals surface area contributed by atoms with Crippen LogP contribution >= 0.6 is 11.6 Å². The Labute approximate surface area is 113 Å². The molecule has 4 heteroatoms. The van der Waals surface area contributed by atoms with Crippen LogP contribution in [0.1, 0.15) is 23.6 Å². The molecule has 0 aliphatic rings. The summed E-state index contributed by atoms with van der Waals surface area (Å²) in [4.78, 5) is 11.1. The third-order valence-corrected chi connectivity index (χ3v) is 3.14. The maximum Gasteiger partial charge on any atom is 0.235 e. The van der Waals surface area contributed by atoms with Crippen LogP contribution in [-0.2, 0) is 4.79 Å². The summed E-state index contributed by atoms with van der Waals surface area (Å²) in [5.41, 5.74) is 3.45. The van der Waals surface area contributed by atoms with Crippen LogP contribution in [-0.4, -0.2) is 24.4 Å².